The number of esters is 1. The summed E-state index contributed by atoms with van der Waals surface area (Å²) < 4.78 is 12.4. The second-order valence-corrected chi connectivity index (χ2v) is 15.4. The summed E-state index contributed by atoms with van der Waals surface area (Å²) in [7, 11) is 0. The van der Waals surface area contributed by atoms with Crippen molar-refractivity contribution in [1.82, 2.24) is 0 Å². The van der Waals surface area contributed by atoms with Crippen molar-refractivity contribution in [3.63, 3.8) is 0 Å². The maximum atomic E-state index is 13.0. The van der Waals surface area contributed by atoms with Gasteiger partial charge in [0.2, 0.25) is 0 Å². The first-order valence-corrected chi connectivity index (χ1v) is 14.9. The highest BCUT2D eigenvalue weighted by molar-refractivity contribution is 5.85. The molecule has 10 atom stereocenters. The summed E-state index contributed by atoms with van der Waals surface area (Å²) in [5.41, 5.74) is 0.799. The van der Waals surface area contributed by atoms with E-state index in [1.807, 2.05) is 0 Å². The number of Topliss-reactive ketones (excluding diaryl/α,β-unsaturated/α-hetero) is 1. The lowest BCUT2D eigenvalue weighted by molar-refractivity contribution is -0.213. The molecule has 0 aromatic carbocycles. The van der Waals surface area contributed by atoms with Gasteiger partial charge in [0.15, 0.2) is 6.10 Å². The van der Waals surface area contributed by atoms with Gasteiger partial charge in [-0.3, -0.25) is 9.59 Å². The summed E-state index contributed by atoms with van der Waals surface area (Å²) in [6.45, 7) is 18.4. The molecule has 6 heteroatoms. The molecule has 5 rings (SSSR count). The van der Waals surface area contributed by atoms with Crippen LogP contribution >= 0.6 is 0 Å². The minimum absolute atomic E-state index is 0.0901. The fourth-order valence-electron chi connectivity index (χ4n) is 10.7. The molecule has 0 aromatic heterocycles. The summed E-state index contributed by atoms with van der Waals surface area (Å²) in [4.78, 5) is 24.9. The maximum absolute atomic E-state index is 13.0. The number of aliphatic hydroxyl groups excluding tert-OH is 1. The number of ketones is 1. The normalized spacial score (nSPS) is 47.0. The summed E-state index contributed by atoms with van der Waals surface area (Å²) in [5.74, 6) is 0.564. The van der Waals surface area contributed by atoms with Crippen LogP contribution in [0.2, 0.25) is 0 Å². The maximum Gasteiger partial charge on any atom is 0.303 e. The van der Waals surface area contributed by atoms with E-state index in [0.717, 1.165) is 25.7 Å². The molecule has 4 fully saturated rings. The average Bonchev–Trinajstić information content (AvgIpc) is 3.07. The van der Waals surface area contributed by atoms with E-state index in [1.165, 1.54) is 18.1 Å². The molecule has 6 nitrogen and oxygen atoms in total. The van der Waals surface area contributed by atoms with E-state index in [1.54, 1.807) is 13.8 Å². The highest BCUT2D eigenvalue weighted by Crippen LogP contribution is 2.74. The number of rotatable bonds is 3. The van der Waals surface area contributed by atoms with Crippen LogP contribution in [0, 0.1) is 39.4 Å². The van der Waals surface area contributed by atoms with Crippen LogP contribution < -0.4 is 0 Å². The predicted molar refractivity (Wildman–Crippen MR) is 145 cm³/mol. The van der Waals surface area contributed by atoms with E-state index in [9.17, 15) is 19.8 Å². The molecule has 1 heterocycles. The van der Waals surface area contributed by atoms with Crippen LogP contribution in [0.4, 0.5) is 0 Å². The van der Waals surface area contributed by atoms with Gasteiger partial charge in [0, 0.05) is 18.8 Å². The number of hydrogen-bond donors (Lipinski definition) is 2. The Morgan fingerprint density at radius 1 is 1.16 bits per heavy atom. The molecule has 5 aliphatic rings. The van der Waals surface area contributed by atoms with Gasteiger partial charge < -0.3 is 19.7 Å². The fraction of sp³-hybridized carbons (Fsp3) is 0.875. The Morgan fingerprint density at radius 3 is 2.42 bits per heavy atom. The third kappa shape index (κ3) is 3.75. The van der Waals surface area contributed by atoms with Crippen molar-refractivity contribution in [2.24, 2.45) is 39.4 Å². The van der Waals surface area contributed by atoms with E-state index in [0.29, 0.717) is 25.0 Å². The highest BCUT2D eigenvalue weighted by atomic mass is 16.6. The van der Waals surface area contributed by atoms with Crippen LogP contribution in [0.1, 0.15) is 107 Å². The summed E-state index contributed by atoms with van der Waals surface area (Å²) in [5, 5.41) is 22.8. The number of ether oxygens (including phenoxy) is 2. The second kappa shape index (κ2) is 8.63. The molecule has 0 radical (unpaired) electrons. The molecule has 2 N–H and O–H groups in total. The zero-order valence-electron chi connectivity index (χ0n) is 25.0. The SMILES string of the molecule is CC(=O)O[C@H]([C@H]1C[C@H](C)C2=C3C[C@@H](O)[C@@H]4[C@]5(C)CCC(=O)C(C)(C)[C@H]5CC[C@@]4(C)[C@]3(C)C[C@H]2O1)C(C)(C)O. The van der Waals surface area contributed by atoms with Crippen molar-refractivity contribution in [2.75, 3.05) is 0 Å². The van der Waals surface area contributed by atoms with Crippen LogP contribution in [0.3, 0.4) is 0 Å². The lowest BCUT2D eigenvalue weighted by Gasteiger charge is -2.68. The molecule has 1 aliphatic heterocycles. The first-order chi connectivity index (χ1) is 17.4. The molecule has 0 spiro atoms. The smallest absolute Gasteiger partial charge is 0.303 e. The van der Waals surface area contributed by atoms with Gasteiger partial charge in [-0.2, -0.15) is 0 Å². The zero-order chi connectivity index (χ0) is 28.2. The quantitative estimate of drug-likeness (QED) is 0.376. The standard InChI is InChI=1S/C32H50O6/c1-17-14-21(27(29(5,6)36)37-18(2)33)38-22-16-32(9)19(25(17)22)15-20(34)26-30(7)12-11-24(35)28(3,4)23(30)10-13-31(26,32)8/h17,20-23,26-27,34,36H,10-16H2,1-9H3/t17-,20+,21+,22+,23+,26+,27+,30+,31+,32+/m0/s1. The Hall–Kier alpha value is -1.24. The molecular weight excluding hydrogens is 480 g/mol. The Morgan fingerprint density at radius 2 is 1.82 bits per heavy atom. The fourth-order valence-corrected chi connectivity index (χ4v) is 10.7. The van der Waals surface area contributed by atoms with E-state index >= 15 is 0 Å². The van der Waals surface area contributed by atoms with Crippen LogP contribution in [0.5, 0.6) is 0 Å². The molecule has 4 aliphatic carbocycles. The van der Waals surface area contributed by atoms with E-state index in [-0.39, 0.29) is 51.6 Å². The number of carbonyl (C=O) groups excluding carboxylic acids is 2. The summed E-state index contributed by atoms with van der Waals surface area (Å²) in [6, 6.07) is 0. The topological polar surface area (TPSA) is 93.1 Å². The number of fused-ring (bicyclic) bond motifs is 6. The monoisotopic (exact) mass is 530 g/mol. The summed E-state index contributed by atoms with van der Waals surface area (Å²) >= 11 is 0. The average molecular weight is 531 g/mol. The third-order valence-electron chi connectivity index (χ3n) is 12.4. The van der Waals surface area contributed by atoms with Gasteiger partial charge in [-0.05, 0) is 91.9 Å². The van der Waals surface area contributed by atoms with Gasteiger partial charge in [-0.25, -0.2) is 0 Å². The second-order valence-electron chi connectivity index (χ2n) is 15.4. The third-order valence-corrected chi connectivity index (χ3v) is 12.4. The molecule has 0 aromatic rings. The minimum Gasteiger partial charge on any atom is -0.457 e. The minimum atomic E-state index is -1.22. The van der Waals surface area contributed by atoms with Gasteiger partial charge in [-0.15, -0.1) is 0 Å². The number of carbonyl (C=O) groups is 2. The molecule has 1 saturated heterocycles. The molecular formula is C32H50O6. The molecule has 0 bridgehead atoms. The number of hydrogen-bond acceptors (Lipinski definition) is 6. The molecule has 38 heavy (non-hydrogen) atoms. The highest BCUT2D eigenvalue weighted by Gasteiger charge is 2.70. The van der Waals surface area contributed by atoms with Crippen molar-refractivity contribution >= 4 is 11.8 Å². The number of aliphatic hydroxyl groups is 2. The molecule has 3 saturated carbocycles. The van der Waals surface area contributed by atoms with Gasteiger partial charge in [-0.1, -0.05) is 47.1 Å². The van der Waals surface area contributed by atoms with Gasteiger partial charge >= 0.3 is 5.97 Å². The van der Waals surface area contributed by atoms with Crippen LogP contribution in [0.25, 0.3) is 0 Å². The Labute approximate surface area is 228 Å². The molecule has 0 unspecified atom stereocenters. The van der Waals surface area contributed by atoms with E-state index in [2.05, 4.69) is 41.5 Å². The van der Waals surface area contributed by atoms with Crippen LogP contribution in [-0.2, 0) is 19.1 Å². The van der Waals surface area contributed by atoms with Crippen molar-refractivity contribution < 1.29 is 29.3 Å². The zero-order valence-corrected chi connectivity index (χ0v) is 25.0. The van der Waals surface area contributed by atoms with Crippen LogP contribution in [-0.4, -0.2) is 52.0 Å². The van der Waals surface area contributed by atoms with Crippen LogP contribution in [0.15, 0.2) is 11.1 Å². The van der Waals surface area contributed by atoms with Gasteiger partial charge in [0.25, 0.3) is 0 Å². The van der Waals surface area contributed by atoms with Gasteiger partial charge in [0.05, 0.1) is 23.9 Å². The Kier molecular flexibility index (Phi) is 6.43. The van der Waals surface area contributed by atoms with Crippen molar-refractivity contribution in [1.29, 1.82) is 0 Å². The van der Waals surface area contributed by atoms with E-state index < -0.39 is 23.8 Å². The molecule has 214 valence electrons. The van der Waals surface area contributed by atoms with Crippen molar-refractivity contribution in [3.05, 3.63) is 11.1 Å². The predicted octanol–water partition coefficient (Wildman–Crippen LogP) is 5.38. The lowest BCUT2D eigenvalue weighted by atomic mass is 9.36. The summed E-state index contributed by atoms with van der Waals surface area (Å²) in [6.07, 6.45) is 3.94. The molecule has 0 amide bonds. The first-order valence-electron chi connectivity index (χ1n) is 14.9. The largest absolute Gasteiger partial charge is 0.457 e. The van der Waals surface area contributed by atoms with Crippen molar-refractivity contribution in [3.8, 4) is 0 Å². The first kappa shape index (κ1) is 28.3. The van der Waals surface area contributed by atoms with Gasteiger partial charge in [0.1, 0.15) is 5.78 Å². The van der Waals surface area contributed by atoms with Crippen molar-refractivity contribution in [2.45, 2.75) is 137 Å². The van der Waals surface area contributed by atoms with E-state index in [4.69, 9.17) is 9.47 Å². The Balaban J connectivity index is 1.52. The Bertz CT molecular complexity index is 1050. The lowest BCUT2D eigenvalue weighted by Crippen LogP contribution is -2.65.